The molecule has 0 radical (unpaired) electrons. The van der Waals surface area contributed by atoms with Gasteiger partial charge in [-0.15, -0.1) is 0 Å². The van der Waals surface area contributed by atoms with Gasteiger partial charge < -0.3 is 5.32 Å². The summed E-state index contributed by atoms with van der Waals surface area (Å²) >= 11 is 6.09. The first kappa shape index (κ1) is 19.6. The summed E-state index contributed by atoms with van der Waals surface area (Å²) in [7, 11) is 0. The van der Waals surface area contributed by atoms with Gasteiger partial charge in [0, 0.05) is 23.5 Å². The molecular formula is C22H12ClF2N3O2. The summed E-state index contributed by atoms with van der Waals surface area (Å²) in [5.41, 5.74) is 0.574. The molecule has 4 rings (SSSR count). The molecule has 3 aromatic carbocycles. The van der Waals surface area contributed by atoms with E-state index < -0.39 is 28.9 Å². The van der Waals surface area contributed by atoms with Crippen LogP contribution < -0.4 is 5.32 Å². The number of hydrogen-bond donors (Lipinski definition) is 1. The first-order valence-electron chi connectivity index (χ1n) is 8.74. The lowest BCUT2D eigenvalue weighted by atomic mass is 10.0. The van der Waals surface area contributed by atoms with Crippen molar-refractivity contribution in [2.45, 2.75) is 0 Å². The summed E-state index contributed by atoms with van der Waals surface area (Å²) < 4.78 is 28.5. The van der Waals surface area contributed by atoms with Crippen LogP contribution in [0.4, 0.5) is 14.5 Å². The Morgan fingerprint density at radius 3 is 2.40 bits per heavy atom. The lowest BCUT2D eigenvalue weighted by Crippen LogP contribution is -2.15. The molecule has 0 spiro atoms. The van der Waals surface area contributed by atoms with Crippen LogP contribution in [0.1, 0.15) is 26.3 Å². The van der Waals surface area contributed by atoms with Crippen molar-refractivity contribution in [2.75, 3.05) is 5.32 Å². The van der Waals surface area contributed by atoms with Gasteiger partial charge in [0.2, 0.25) is 0 Å². The normalized spacial score (nSPS) is 10.8. The maximum Gasteiger partial charge on any atom is 0.255 e. The minimum Gasteiger partial charge on any atom is -0.319 e. The largest absolute Gasteiger partial charge is 0.319 e. The highest BCUT2D eigenvalue weighted by atomic mass is 35.5. The lowest BCUT2D eigenvalue weighted by Gasteiger charge is -2.11. The fourth-order valence-electron chi connectivity index (χ4n) is 2.93. The van der Waals surface area contributed by atoms with Gasteiger partial charge in [-0.1, -0.05) is 17.7 Å². The molecule has 0 atom stereocenters. The third-order valence-electron chi connectivity index (χ3n) is 4.38. The smallest absolute Gasteiger partial charge is 0.255 e. The second kappa shape index (κ2) is 7.96. The number of ketones is 1. The molecule has 0 aliphatic rings. The molecule has 1 aromatic heterocycles. The van der Waals surface area contributed by atoms with Crippen molar-refractivity contribution in [1.29, 1.82) is 0 Å². The van der Waals surface area contributed by atoms with Crippen molar-refractivity contribution in [3.8, 4) is 0 Å². The third-order valence-corrected chi connectivity index (χ3v) is 4.70. The Kier molecular flexibility index (Phi) is 5.20. The monoisotopic (exact) mass is 423 g/mol. The van der Waals surface area contributed by atoms with Crippen LogP contribution in [0, 0.1) is 11.6 Å². The number of aromatic nitrogens is 2. The van der Waals surface area contributed by atoms with Gasteiger partial charge in [-0.25, -0.2) is 8.78 Å². The van der Waals surface area contributed by atoms with E-state index in [-0.39, 0.29) is 21.8 Å². The molecule has 0 bridgehead atoms. The number of fused-ring (bicyclic) bond motifs is 1. The molecule has 0 fully saturated rings. The molecule has 30 heavy (non-hydrogen) atoms. The SMILES string of the molecule is O=C(Nc1ccc(Cl)c(C(=O)c2ccc3nccnc3c2)c1F)c1cccc(F)c1. The molecule has 1 N–H and O–H groups in total. The zero-order valence-corrected chi connectivity index (χ0v) is 16.0. The summed E-state index contributed by atoms with van der Waals surface area (Å²) in [5.74, 6) is -2.99. The minimum absolute atomic E-state index is 0.00494. The standard InChI is InChI=1S/C22H12ClF2N3O2/c23-15-5-7-17(28-22(30)13-2-1-3-14(24)10-13)20(25)19(15)21(29)12-4-6-16-18(11-12)27-9-8-26-16/h1-11H,(H,28,30). The van der Waals surface area contributed by atoms with Crippen LogP contribution in [0.25, 0.3) is 11.0 Å². The third kappa shape index (κ3) is 3.75. The molecule has 148 valence electrons. The van der Waals surface area contributed by atoms with Gasteiger partial charge in [0.1, 0.15) is 5.82 Å². The van der Waals surface area contributed by atoms with E-state index in [4.69, 9.17) is 11.6 Å². The molecule has 5 nitrogen and oxygen atoms in total. The average molecular weight is 424 g/mol. The summed E-state index contributed by atoms with van der Waals surface area (Å²) in [5, 5.41) is 2.23. The van der Waals surface area contributed by atoms with Gasteiger partial charge in [-0.2, -0.15) is 0 Å². The first-order chi connectivity index (χ1) is 14.4. The Balaban J connectivity index is 1.69. The Labute approximate surface area is 174 Å². The van der Waals surface area contributed by atoms with E-state index in [9.17, 15) is 14.0 Å². The van der Waals surface area contributed by atoms with E-state index in [0.717, 1.165) is 6.07 Å². The Hall–Kier alpha value is -3.71. The van der Waals surface area contributed by atoms with E-state index in [1.165, 1.54) is 54.9 Å². The number of anilines is 1. The number of nitrogens with one attached hydrogen (secondary N) is 1. The second-order valence-corrected chi connectivity index (χ2v) is 6.74. The van der Waals surface area contributed by atoms with Crippen molar-refractivity contribution in [3.05, 3.63) is 100 Å². The predicted octanol–water partition coefficient (Wildman–Crippen LogP) is 5.04. The van der Waals surface area contributed by atoms with E-state index in [1.54, 1.807) is 6.07 Å². The summed E-state index contributed by atoms with van der Waals surface area (Å²) in [4.78, 5) is 33.5. The summed E-state index contributed by atoms with van der Waals surface area (Å²) in [6, 6.07) is 12.1. The number of hydrogen-bond acceptors (Lipinski definition) is 4. The van der Waals surface area contributed by atoms with Crippen LogP contribution in [0.15, 0.2) is 67.0 Å². The van der Waals surface area contributed by atoms with Gasteiger partial charge in [0.15, 0.2) is 11.6 Å². The maximum atomic E-state index is 15.1. The molecule has 1 heterocycles. The van der Waals surface area contributed by atoms with Crippen molar-refractivity contribution < 1.29 is 18.4 Å². The fourth-order valence-corrected chi connectivity index (χ4v) is 3.16. The van der Waals surface area contributed by atoms with Gasteiger partial charge in [-0.05, 0) is 48.5 Å². The minimum atomic E-state index is -0.989. The highest BCUT2D eigenvalue weighted by molar-refractivity contribution is 6.35. The molecule has 0 saturated heterocycles. The van der Waals surface area contributed by atoms with Crippen molar-refractivity contribution in [2.24, 2.45) is 0 Å². The quantitative estimate of drug-likeness (QED) is 0.466. The van der Waals surface area contributed by atoms with Gasteiger partial charge in [0.05, 0.1) is 27.3 Å². The Morgan fingerprint density at radius 2 is 1.63 bits per heavy atom. The lowest BCUT2D eigenvalue weighted by molar-refractivity contribution is 0.101. The molecule has 0 aliphatic carbocycles. The van der Waals surface area contributed by atoms with Gasteiger partial charge in [0.25, 0.3) is 5.91 Å². The van der Waals surface area contributed by atoms with Crippen molar-refractivity contribution in [1.82, 2.24) is 9.97 Å². The number of halogens is 3. The molecule has 0 unspecified atom stereocenters. The Bertz CT molecular complexity index is 1310. The van der Waals surface area contributed by atoms with E-state index in [2.05, 4.69) is 15.3 Å². The molecule has 1 amide bonds. The molecule has 8 heteroatoms. The Morgan fingerprint density at radius 1 is 0.867 bits per heavy atom. The highest BCUT2D eigenvalue weighted by Crippen LogP contribution is 2.29. The number of amides is 1. The van der Waals surface area contributed by atoms with E-state index >= 15 is 4.39 Å². The van der Waals surface area contributed by atoms with Crippen LogP contribution in [0.2, 0.25) is 5.02 Å². The number of rotatable bonds is 4. The summed E-state index contributed by atoms with van der Waals surface area (Å²) in [6.07, 6.45) is 3.00. The van der Waals surface area contributed by atoms with Crippen LogP contribution in [0.5, 0.6) is 0 Å². The topological polar surface area (TPSA) is 72.0 Å². The van der Waals surface area contributed by atoms with Crippen LogP contribution in [-0.4, -0.2) is 21.7 Å². The van der Waals surface area contributed by atoms with Crippen LogP contribution in [-0.2, 0) is 0 Å². The van der Waals surface area contributed by atoms with Crippen molar-refractivity contribution in [3.63, 3.8) is 0 Å². The fraction of sp³-hybridized carbons (Fsp3) is 0. The van der Waals surface area contributed by atoms with E-state index in [1.807, 2.05) is 0 Å². The maximum absolute atomic E-state index is 15.1. The number of nitrogens with zero attached hydrogens (tertiary/aromatic N) is 2. The first-order valence-corrected chi connectivity index (χ1v) is 9.12. The van der Waals surface area contributed by atoms with Crippen LogP contribution in [0.3, 0.4) is 0 Å². The molecule has 4 aromatic rings. The molecule has 0 saturated carbocycles. The van der Waals surface area contributed by atoms with Crippen LogP contribution >= 0.6 is 11.6 Å². The molecular weight excluding hydrogens is 412 g/mol. The van der Waals surface area contributed by atoms with Gasteiger partial charge in [-0.3, -0.25) is 19.6 Å². The average Bonchev–Trinajstić information content (AvgIpc) is 2.75. The zero-order valence-electron chi connectivity index (χ0n) is 15.2. The number of benzene rings is 3. The second-order valence-electron chi connectivity index (χ2n) is 6.34. The van der Waals surface area contributed by atoms with Crippen molar-refractivity contribution >= 4 is 40.0 Å². The zero-order chi connectivity index (χ0) is 21.3. The number of carbonyl (C=O) groups is 2. The van der Waals surface area contributed by atoms with E-state index in [0.29, 0.717) is 11.0 Å². The summed E-state index contributed by atoms with van der Waals surface area (Å²) in [6.45, 7) is 0. The predicted molar refractivity (Wildman–Crippen MR) is 109 cm³/mol. The number of carbonyl (C=O) groups excluding carboxylic acids is 2. The highest BCUT2D eigenvalue weighted by Gasteiger charge is 2.22. The van der Waals surface area contributed by atoms with Gasteiger partial charge >= 0.3 is 0 Å². The molecule has 0 aliphatic heterocycles.